The Labute approximate surface area is 169 Å². The molecule has 0 aliphatic rings. The molecule has 0 fully saturated rings. The molecule has 0 aliphatic heterocycles. The van der Waals surface area contributed by atoms with Crippen LogP contribution in [0, 0.1) is 5.82 Å². The topological polar surface area (TPSA) is 66.5 Å². The van der Waals surface area contributed by atoms with Crippen LogP contribution in [0.1, 0.15) is 15.9 Å². The normalized spacial score (nSPS) is 11.1. The van der Waals surface area contributed by atoms with Gasteiger partial charge < -0.3 is 5.32 Å². The maximum Gasteiger partial charge on any atom is 0.264 e. The average Bonchev–Trinajstić information content (AvgIpc) is 2.74. The maximum absolute atomic E-state index is 13.2. The highest BCUT2D eigenvalue weighted by Crippen LogP contribution is 2.22. The van der Waals surface area contributed by atoms with Gasteiger partial charge in [-0.05, 0) is 54.4 Å². The lowest BCUT2D eigenvalue weighted by atomic mass is 10.1. The monoisotopic (exact) mass is 412 g/mol. The number of nitrogens with one attached hydrogen (secondary N) is 1. The highest BCUT2D eigenvalue weighted by molar-refractivity contribution is 7.92. The Bertz CT molecular complexity index is 1100. The molecule has 1 amide bonds. The molecule has 0 unspecified atom stereocenters. The van der Waals surface area contributed by atoms with Crippen LogP contribution in [-0.2, 0) is 16.4 Å². The summed E-state index contributed by atoms with van der Waals surface area (Å²) in [5, 5.41) is 2.74. The zero-order valence-electron chi connectivity index (χ0n) is 15.9. The van der Waals surface area contributed by atoms with Gasteiger partial charge in [0.25, 0.3) is 15.9 Å². The van der Waals surface area contributed by atoms with E-state index in [1.165, 1.54) is 41.7 Å². The maximum atomic E-state index is 13.2. The minimum absolute atomic E-state index is 0.0293. The summed E-state index contributed by atoms with van der Waals surface area (Å²) in [6, 6.07) is 20.8. The zero-order valence-corrected chi connectivity index (χ0v) is 16.7. The fourth-order valence-corrected chi connectivity index (χ4v) is 4.09. The van der Waals surface area contributed by atoms with Crippen LogP contribution in [0.5, 0.6) is 0 Å². The van der Waals surface area contributed by atoms with E-state index >= 15 is 0 Å². The molecule has 0 atom stereocenters. The molecule has 1 N–H and O–H groups in total. The number of carbonyl (C=O) groups is 1. The number of amides is 1. The summed E-state index contributed by atoms with van der Waals surface area (Å²) in [5.41, 5.74) is 1.54. The summed E-state index contributed by atoms with van der Waals surface area (Å²) in [6.07, 6.45) is 0.470. The van der Waals surface area contributed by atoms with Crippen molar-refractivity contribution >= 4 is 21.6 Å². The molecule has 0 saturated carbocycles. The fourth-order valence-electron chi connectivity index (χ4n) is 2.85. The van der Waals surface area contributed by atoms with Crippen LogP contribution in [0.3, 0.4) is 0 Å². The first kappa shape index (κ1) is 20.5. The first-order valence-corrected chi connectivity index (χ1v) is 10.5. The minimum Gasteiger partial charge on any atom is -0.352 e. The van der Waals surface area contributed by atoms with Gasteiger partial charge in [-0.1, -0.05) is 36.4 Å². The van der Waals surface area contributed by atoms with Gasteiger partial charge in [0, 0.05) is 19.2 Å². The molecule has 3 aromatic carbocycles. The molecule has 150 valence electrons. The fraction of sp³-hybridized carbons (Fsp3) is 0.136. The second-order valence-corrected chi connectivity index (χ2v) is 8.44. The Morgan fingerprint density at radius 3 is 2.41 bits per heavy atom. The molecule has 5 nitrogen and oxygen atoms in total. The summed E-state index contributed by atoms with van der Waals surface area (Å²) in [5.74, 6) is -0.713. The Balaban J connectivity index is 1.70. The largest absolute Gasteiger partial charge is 0.352 e. The Kier molecular flexibility index (Phi) is 6.29. The zero-order chi connectivity index (χ0) is 20.9. The lowest BCUT2D eigenvalue weighted by molar-refractivity contribution is 0.0954. The molecular weight excluding hydrogens is 391 g/mol. The van der Waals surface area contributed by atoms with Crippen molar-refractivity contribution in [3.63, 3.8) is 0 Å². The third-order valence-corrected chi connectivity index (χ3v) is 6.24. The minimum atomic E-state index is -3.80. The number of rotatable bonds is 7. The Morgan fingerprint density at radius 2 is 1.69 bits per heavy atom. The predicted octanol–water partition coefficient (Wildman–Crippen LogP) is 3.62. The van der Waals surface area contributed by atoms with Crippen molar-refractivity contribution in [3.8, 4) is 0 Å². The van der Waals surface area contributed by atoms with E-state index in [9.17, 15) is 17.6 Å². The van der Waals surface area contributed by atoms with Gasteiger partial charge in [0.15, 0.2) is 0 Å². The van der Waals surface area contributed by atoms with Gasteiger partial charge in [-0.25, -0.2) is 12.8 Å². The van der Waals surface area contributed by atoms with E-state index in [1.807, 2.05) is 0 Å². The summed E-state index contributed by atoms with van der Waals surface area (Å²) in [6.45, 7) is 0.309. The summed E-state index contributed by atoms with van der Waals surface area (Å²) >= 11 is 0. The van der Waals surface area contributed by atoms with Crippen molar-refractivity contribution in [2.45, 2.75) is 11.3 Å². The van der Waals surface area contributed by atoms with E-state index < -0.39 is 10.0 Å². The van der Waals surface area contributed by atoms with Gasteiger partial charge in [0.05, 0.1) is 10.6 Å². The number of carbonyl (C=O) groups excluding carboxylic acids is 1. The molecular formula is C22H21FN2O3S. The van der Waals surface area contributed by atoms with Gasteiger partial charge in [-0.3, -0.25) is 9.10 Å². The van der Waals surface area contributed by atoms with Crippen molar-refractivity contribution in [3.05, 3.63) is 95.8 Å². The quantitative estimate of drug-likeness (QED) is 0.645. The molecule has 0 aliphatic carbocycles. The van der Waals surface area contributed by atoms with E-state index in [0.717, 1.165) is 5.56 Å². The lowest BCUT2D eigenvalue weighted by Crippen LogP contribution is -2.28. The number of sulfonamides is 1. The number of hydrogen-bond donors (Lipinski definition) is 1. The predicted molar refractivity (Wildman–Crippen MR) is 111 cm³/mol. The standard InChI is InChI=1S/C22H21FN2O3S/c1-25(20-10-3-2-4-11-20)29(27,28)21-12-6-8-18(16-21)22(26)24-14-13-17-7-5-9-19(23)15-17/h2-12,15-16H,13-14H2,1H3,(H,24,26). The molecule has 7 heteroatoms. The number of halogens is 1. The van der Waals surface area contributed by atoms with Crippen molar-refractivity contribution < 1.29 is 17.6 Å². The number of para-hydroxylation sites is 1. The average molecular weight is 412 g/mol. The first-order valence-electron chi connectivity index (χ1n) is 9.04. The number of nitrogens with zero attached hydrogens (tertiary/aromatic N) is 1. The molecule has 0 bridgehead atoms. The molecule has 0 spiro atoms. The summed E-state index contributed by atoms with van der Waals surface area (Å²) < 4.78 is 40.2. The van der Waals surface area contributed by atoms with Crippen LogP contribution >= 0.6 is 0 Å². The summed E-state index contributed by atoms with van der Waals surface area (Å²) in [7, 11) is -2.34. The number of benzene rings is 3. The van der Waals surface area contributed by atoms with Crippen molar-refractivity contribution in [2.24, 2.45) is 0 Å². The van der Waals surface area contributed by atoms with Gasteiger partial charge in [-0.2, -0.15) is 0 Å². The molecule has 0 saturated heterocycles. The molecule has 29 heavy (non-hydrogen) atoms. The van der Waals surface area contributed by atoms with Crippen molar-refractivity contribution in [2.75, 3.05) is 17.9 Å². The smallest absolute Gasteiger partial charge is 0.264 e. The van der Waals surface area contributed by atoms with E-state index in [0.29, 0.717) is 18.7 Å². The highest BCUT2D eigenvalue weighted by atomic mass is 32.2. The highest BCUT2D eigenvalue weighted by Gasteiger charge is 2.22. The lowest BCUT2D eigenvalue weighted by Gasteiger charge is -2.19. The van der Waals surface area contributed by atoms with Gasteiger partial charge in [0.1, 0.15) is 5.82 Å². The molecule has 0 aromatic heterocycles. The van der Waals surface area contributed by atoms with E-state index in [-0.39, 0.29) is 22.2 Å². The van der Waals surface area contributed by atoms with E-state index in [4.69, 9.17) is 0 Å². The Hall–Kier alpha value is -3.19. The second-order valence-electron chi connectivity index (χ2n) is 6.47. The van der Waals surface area contributed by atoms with Crippen LogP contribution in [0.25, 0.3) is 0 Å². The van der Waals surface area contributed by atoms with Crippen LogP contribution in [0.2, 0.25) is 0 Å². The van der Waals surface area contributed by atoms with E-state index in [2.05, 4.69) is 5.32 Å². The van der Waals surface area contributed by atoms with Crippen LogP contribution in [0.15, 0.2) is 83.8 Å². The van der Waals surface area contributed by atoms with Gasteiger partial charge >= 0.3 is 0 Å². The van der Waals surface area contributed by atoms with Gasteiger partial charge in [-0.15, -0.1) is 0 Å². The van der Waals surface area contributed by atoms with Gasteiger partial charge in [0.2, 0.25) is 0 Å². The number of anilines is 1. The van der Waals surface area contributed by atoms with Crippen LogP contribution in [0.4, 0.5) is 10.1 Å². The molecule has 0 heterocycles. The first-order chi connectivity index (χ1) is 13.9. The molecule has 3 aromatic rings. The summed E-state index contributed by atoms with van der Waals surface area (Å²) in [4.78, 5) is 12.5. The third kappa shape index (κ3) is 5.00. The number of hydrogen-bond acceptors (Lipinski definition) is 3. The van der Waals surface area contributed by atoms with E-state index in [1.54, 1.807) is 48.5 Å². The second kappa shape index (κ2) is 8.87. The molecule has 0 radical (unpaired) electrons. The van der Waals surface area contributed by atoms with Crippen LogP contribution in [-0.4, -0.2) is 27.9 Å². The van der Waals surface area contributed by atoms with Crippen molar-refractivity contribution in [1.29, 1.82) is 0 Å². The SMILES string of the molecule is CN(c1ccccc1)S(=O)(=O)c1cccc(C(=O)NCCc2cccc(F)c2)c1. The van der Waals surface area contributed by atoms with Crippen molar-refractivity contribution in [1.82, 2.24) is 5.32 Å². The third-order valence-electron chi connectivity index (χ3n) is 4.46. The van der Waals surface area contributed by atoms with Crippen LogP contribution < -0.4 is 9.62 Å². The Morgan fingerprint density at radius 1 is 0.966 bits per heavy atom. The molecule has 3 rings (SSSR count).